The molecule has 2 heterocycles. The van der Waals surface area contributed by atoms with Crippen LogP contribution in [0.2, 0.25) is 0 Å². The number of fused-ring (bicyclic) bond motifs is 4. The zero-order chi connectivity index (χ0) is 38.6. The molecule has 0 saturated carbocycles. The number of Topliss-reactive ketones (excluding diaryl/α,β-unsaturated/α-hetero) is 1. The Morgan fingerprint density at radius 3 is 2.53 bits per heavy atom. The Labute approximate surface area is 308 Å². The minimum atomic E-state index is -1.47. The van der Waals surface area contributed by atoms with Gasteiger partial charge in [-0.05, 0) is 86.1 Å². The van der Waals surface area contributed by atoms with Crippen molar-refractivity contribution in [1.82, 2.24) is 15.8 Å². The van der Waals surface area contributed by atoms with Crippen molar-refractivity contribution in [3.8, 4) is 0 Å². The first kappa shape index (κ1) is 38.8. The summed E-state index contributed by atoms with van der Waals surface area (Å²) in [5, 5.41) is 17.6. The number of hydrogen-bond acceptors (Lipinski definition) is 10. The summed E-state index contributed by atoms with van der Waals surface area (Å²) in [5.74, 6) is -3.99. The van der Waals surface area contributed by atoms with Gasteiger partial charge >= 0.3 is 11.9 Å². The molecule has 0 radical (unpaired) electrons. The van der Waals surface area contributed by atoms with E-state index in [1.54, 1.807) is 59.8 Å². The highest BCUT2D eigenvalue weighted by atomic mass is 16.6. The minimum Gasteiger partial charge on any atom is -0.461 e. The third-order valence-corrected chi connectivity index (χ3v) is 10.1. The molecule has 0 unspecified atom stereocenters. The van der Waals surface area contributed by atoms with Gasteiger partial charge in [-0.2, -0.15) is 0 Å². The van der Waals surface area contributed by atoms with Crippen LogP contribution in [0.3, 0.4) is 0 Å². The van der Waals surface area contributed by atoms with E-state index in [0.717, 1.165) is 21.9 Å². The van der Waals surface area contributed by atoms with Crippen LogP contribution in [0.5, 0.6) is 0 Å². The highest BCUT2D eigenvalue weighted by Gasteiger charge is 2.39. The summed E-state index contributed by atoms with van der Waals surface area (Å²) in [5.41, 5.74) is 2.72. The quantitative estimate of drug-likeness (QED) is 0.186. The number of hydrogen-bond donors (Lipinski definition) is 2. The van der Waals surface area contributed by atoms with Crippen molar-refractivity contribution >= 4 is 52.1 Å². The maximum Gasteiger partial charge on any atom is 0.345 e. The molecule has 2 aliphatic heterocycles. The first-order chi connectivity index (χ1) is 25.1. The number of nitro groups is 1. The number of carbonyl (C=O) groups excluding carboxylic acids is 5. The second kappa shape index (κ2) is 16.1. The van der Waals surface area contributed by atoms with Gasteiger partial charge in [0, 0.05) is 24.9 Å². The number of amides is 2. The number of benzene rings is 3. The number of aryl methyl sites for hydroxylation is 1. The molecule has 280 valence electrons. The Morgan fingerprint density at radius 2 is 1.81 bits per heavy atom. The highest BCUT2D eigenvalue weighted by Crippen LogP contribution is 2.31. The van der Waals surface area contributed by atoms with Crippen molar-refractivity contribution in [3.05, 3.63) is 93.0 Å². The fraction of sp³-hybridized carbons (Fsp3) is 0.425. The molecule has 2 aliphatic rings. The van der Waals surface area contributed by atoms with Gasteiger partial charge in [0.1, 0.15) is 36.1 Å². The first-order valence-electron chi connectivity index (χ1n) is 17.8. The SMILES string of the molecule is Cc1cccc([N+](=O)[O-])c1C(=O)OC[C@@]1(C)/C=C/c2ccc3ccc(cc3c2)[C@@H](C)OC(=O)[C@@H]2CCCN(N2)C(=O)[C@H](C)NC(=O)[C@H](C(C)C)CC1=O. The van der Waals surface area contributed by atoms with Gasteiger partial charge in [-0.3, -0.25) is 34.3 Å². The van der Waals surface area contributed by atoms with E-state index < -0.39 is 76.3 Å². The minimum absolute atomic E-state index is 0.210. The molecule has 2 amide bonds. The first-order valence-corrected chi connectivity index (χ1v) is 17.8. The van der Waals surface area contributed by atoms with Crippen LogP contribution in [-0.4, -0.2) is 64.7 Å². The summed E-state index contributed by atoms with van der Waals surface area (Å²) in [6, 6.07) is 13.9. The average molecular weight is 727 g/mol. The van der Waals surface area contributed by atoms with Gasteiger partial charge in [-0.1, -0.05) is 62.4 Å². The van der Waals surface area contributed by atoms with E-state index in [2.05, 4.69) is 10.7 Å². The number of nitrogens with zero attached hydrogens (tertiary/aromatic N) is 2. The van der Waals surface area contributed by atoms with E-state index in [1.165, 1.54) is 17.1 Å². The molecular formula is C40H46N4O9. The molecule has 5 atom stereocenters. The predicted octanol–water partition coefficient (Wildman–Crippen LogP) is 5.78. The fourth-order valence-electron chi connectivity index (χ4n) is 6.62. The Hall–Kier alpha value is -5.43. The second-order valence-electron chi connectivity index (χ2n) is 14.5. The summed E-state index contributed by atoms with van der Waals surface area (Å²) in [4.78, 5) is 79.2. The van der Waals surface area contributed by atoms with Crippen molar-refractivity contribution in [3.63, 3.8) is 0 Å². The molecule has 0 aliphatic carbocycles. The molecule has 13 nitrogen and oxygen atoms in total. The summed E-state index contributed by atoms with van der Waals surface area (Å²) in [6.07, 6.45) is 3.51. The van der Waals surface area contributed by atoms with Crippen LogP contribution < -0.4 is 10.7 Å². The van der Waals surface area contributed by atoms with Gasteiger partial charge in [0.2, 0.25) is 5.91 Å². The molecule has 5 rings (SSSR count). The van der Waals surface area contributed by atoms with E-state index in [0.29, 0.717) is 24.9 Å². The second-order valence-corrected chi connectivity index (χ2v) is 14.5. The Bertz CT molecular complexity index is 1970. The molecule has 0 spiro atoms. The number of carbonyl (C=O) groups is 5. The maximum atomic E-state index is 14.3. The lowest BCUT2D eigenvalue weighted by Crippen LogP contribution is -2.59. The summed E-state index contributed by atoms with van der Waals surface area (Å²) in [6.45, 7) is 9.92. The molecule has 5 bridgehead atoms. The van der Waals surface area contributed by atoms with Gasteiger partial charge < -0.3 is 14.8 Å². The van der Waals surface area contributed by atoms with Crippen LogP contribution in [0.25, 0.3) is 16.8 Å². The van der Waals surface area contributed by atoms with E-state index in [-0.39, 0.29) is 17.9 Å². The third kappa shape index (κ3) is 8.79. The van der Waals surface area contributed by atoms with Crippen molar-refractivity contribution in [2.75, 3.05) is 13.2 Å². The van der Waals surface area contributed by atoms with Gasteiger partial charge in [0.15, 0.2) is 0 Å². The number of hydrazine groups is 1. The van der Waals surface area contributed by atoms with Crippen LogP contribution >= 0.6 is 0 Å². The molecule has 1 saturated heterocycles. The number of esters is 2. The Balaban J connectivity index is 1.54. The highest BCUT2D eigenvalue weighted by molar-refractivity contribution is 5.97. The molecular weight excluding hydrogens is 680 g/mol. The Morgan fingerprint density at radius 1 is 1.08 bits per heavy atom. The number of rotatable bonds is 5. The third-order valence-electron chi connectivity index (χ3n) is 10.1. The fourth-order valence-corrected chi connectivity index (χ4v) is 6.62. The van der Waals surface area contributed by atoms with E-state index in [1.807, 2.05) is 36.4 Å². The number of ether oxygens (including phenoxy) is 2. The number of nitro benzene ring substituents is 1. The summed E-state index contributed by atoms with van der Waals surface area (Å²) in [7, 11) is 0. The Kier molecular flexibility index (Phi) is 11.8. The molecule has 13 heteroatoms. The zero-order valence-corrected chi connectivity index (χ0v) is 30.8. The van der Waals surface area contributed by atoms with Crippen molar-refractivity contribution in [1.29, 1.82) is 0 Å². The lowest BCUT2D eigenvalue weighted by molar-refractivity contribution is -0.385. The molecule has 3 aromatic carbocycles. The molecule has 1 fully saturated rings. The normalized spacial score (nSPS) is 25.2. The maximum absolute atomic E-state index is 14.3. The summed E-state index contributed by atoms with van der Waals surface area (Å²) >= 11 is 0. The van der Waals surface area contributed by atoms with Gasteiger partial charge in [-0.15, -0.1) is 0 Å². The predicted molar refractivity (Wildman–Crippen MR) is 197 cm³/mol. The van der Waals surface area contributed by atoms with Crippen LogP contribution in [0.4, 0.5) is 5.69 Å². The lowest BCUT2D eigenvalue weighted by atomic mass is 9.78. The zero-order valence-electron chi connectivity index (χ0n) is 30.8. The van der Waals surface area contributed by atoms with Gasteiger partial charge in [0.05, 0.1) is 10.3 Å². The standard InChI is InChI=1S/C40H46N4O9/c1-23(2)31-21-34(45)40(6,22-52-39(49)35-24(3)9-7-11-33(35)44(50)51)17-16-27-12-13-28-14-15-29(20-30(28)19-27)26(5)53-38(48)32-10-8-18-43(42-32)37(47)25(4)41-36(31)46/h7,9,11-17,19-20,23,25-26,31-32,42H,8,10,18,21-22H2,1-6H3,(H,41,46)/b17-16+/t25-,26+,31-,32-,40+/m0/s1. The van der Waals surface area contributed by atoms with E-state index in [4.69, 9.17) is 9.47 Å². The van der Waals surface area contributed by atoms with Crippen molar-refractivity contribution in [2.45, 2.75) is 79.0 Å². The average Bonchev–Trinajstić information content (AvgIpc) is 3.13. The molecule has 2 N–H and O–H groups in total. The molecule has 3 aromatic rings. The van der Waals surface area contributed by atoms with Gasteiger partial charge in [0.25, 0.3) is 11.6 Å². The van der Waals surface area contributed by atoms with E-state index >= 15 is 0 Å². The lowest BCUT2D eigenvalue weighted by Gasteiger charge is -2.35. The van der Waals surface area contributed by atoms with Gasteiger partial charge in [-0.25, -0.2) is 10.2 Å². The van der Waals surface area contributed by atoms with Crippen molar-refractivity contribution < 1.29 is 38.4 Å². The molecule has 0 aromatic heterocycles. The van der Waals surface area contributed by atoms with Crippen LogP contribution in [0.1, 0.15) is 87.0 Å². The van der Waals surface area contributed by atoms with Crippen LogP contribution in [-0.2, 0) is 28.7 Å². The number of nitrogens with one attached hydrogen (secondary N) is 2. The van der Waals surface area contributed by atoms with Crippen LogP contribution in [0, 0.1) is 34.3 Å². The van der Waals surface area contributed by atoms with Crippen molar-refractivity contribution in [2.24, 2.45) is 17.3 Å². The number of ketones is 1. The summed E-state index contributed by atoms with van der Waals surface area (Å²) < 4.78 is 11.5. The van der Waals surface area contributed by atoms with E-state index in [9.17, 15) is 34.1 Å². The number of cyclic esters (lactones) is 1. The topological polar surface area (TPSA) is 174 Å². The van der Waals surface area contributed by atoms with Crippen LogP contribution in [0.15, 0.2) is 60.7 Å². The largest absolute Gasteiger partial charge is 0.461 e. The monoisotopic (exact) mass is 726 g/mol. The smallest absolute Gasteiger partial charge is 0.345 e. The molecule has 53 heavy (non-hydrogen) atoms.